The number of aromatic amines is 1. The molecule has 1 aliphatic rings. The van der Waals surface area contributed by atoms with E-state index in [0.717, 1.165) is 37.2 Å². The number of carbonyl (C=O) groups excluding carboxylic acids is 1. The van der Waals surface area contributed by atoms with Crippen molar-refractivity contribution >= 4 is 5.91 Å². The first-order valence-corrected chi connectivity index (χ1v) is 8.49. The summed E-state index contributed by atoms with van der Waals surface area (Å²) in [6.45, 7) is 7.75. The molecule has 1 saturated heterocycles. The average molecular weight is 331 g/mol. The summed E-state index contributed by atoms with van der Waals surface area (Å²) in [5.41, 5.74) is 2.09. The standard InChI is InChI=1S/C18H25N3O3/c1-4-24-14-7-9-21(10-8-14)17(22)6-5-15-12(2)16(11-19)18(23)20-13(15)3/h14H,4-10H2,1-3H3,(H,20,23). The number of aromatic nitrogens is 1. The van der Waals surface area contributed by atoms with Crippen molar-refractivity contribution in [2.45, 2.75) is 52.6 Å². The number of ether oxygens (including phenoxy) is 1. The van der Waals surface area contributed by atoms with Gasteiger partial charge in [0, 0.05) is 31.8 Å². The lowest BCUT2D eigenvalue weighted by Crippen LogP contribution is -2.41. The highest BCUT2D eigenvalue weighted by molar-refractivity contribution is 5.76. The maximum Gasteiger partial charge on any atom is 0.266 e. The van der Waals surface area contributed by atoms with Crippen LogP contribution >= 0.6 is 0 Å². The maximum atomic E-state index is 12.4. The van der Waals surface area contributed by atoms with Crippen molar-refractivity contribution in [3.8, 4) is 6.07 Å². The van der Waals surface area contributed by atoms with Crippen molar-refractivity contribution in [1.82, 2.24) is 9.88 Å². The lowest BCUT2D eigenvalue weighted by molar-refractivity contribution is -0.133. The summed E-state index contributed by atoms with van der Waals surface area (Å²) in [5.74, 6) is 0.119. The Bertz CT molecular complexity index is 695. The van der Waals surface area contributed by atoms with Gasteiger partial charge in [-0.1, -0.05) is 0 Å². The molecule has 0 unspecified atom stereocenters. The van der Waals surface area contributed by atoms with Crippen molar-refractivity contribution in [3.05, 3.63) is 32.7 Å². The molecule has 6 nitrogen and oxygen atoms in total. The smallest absolute Gasteiger partial charge is 0.266 e. The Morgan fingerprint density at radius 2 is 2.04 bits per heavy atom. The van der Waals surface area contributed by atoms with Gasteiger partial charge in [-0.15, -0.1) is 0 Å². The van der Waals surface area contributed by atoms with Crippen LogP contribution in [0, 0.1) is 25.2 Å². The van der Waals surface area contributed by atoms with Crippen LogP contribution in [0.5, 0.6) is 0 Å². The molecule has 0 atom stereocenters. The number of aryl methyl sites for hydroxylation is 1. The second-order valence-corrected chi connectivity index (χ2v) is 6.20. The Balaban J connectivity index is 1.98. The highest BCUT2D eigenvalue weighted by atomic mass is 16.5. The van der Waals surface area contributed by atoms with Gasteiger partial charge in [-0.25, -0.2) is 0 Å². The molecule has 0 spiro atoms. The fraction of sp³-hybridized carbons (Fsp3) is 0.611. The monoisotopic (exact) mass is 331 g/mol. The first-order valence-electron chi connectivity index (χ1n) is 8.49. The van der Waals surface area contributed by atoms with Gasteiger partial charge in [-0.2, -0.15) is 5.26 Å². The Hall–Kier alpha value is -2.13. The molecule has 0 aliphatic carbocycles. The van der Waals surface area contributed by atoms with E-state index in [2.05, 4.69) is 4.98 Å². The summed E-state index contributed by atoms with van der Waals surface area (Å²) in [6, 6.07) is 1.95. The number of rotatable bonds is 5. The van der Waals surface area contributed by atoms with E-state index >= 15 is 0 Å². The van der Waals surface area contributed by atoms with Gasteiger partial charge < -0.3 is 14.6 Å². The number of nitrogens with one attached hydrogen (secondary N) is 1. The topological polar surface area (TPSA) is 86.2 Å². The van der Waals surface area contributed by atoms with E-state index < -0.39 is 0 Å². The summed E-state index contributed by atoms with van der Waals surface area (Å²) in [5, 5.41) is 9.11. The minimum Gasteiger partial charge on any atom is -0.378 e. The lowest BCUT2D eigenvalue weighted by Gasteiger charge is -2.32. The number of amides is 1. The fourth-order valence-electron chi connectivity index (χ4n) is 3.32. The third-order valence-electron chi connectivity index (χ3n) is 4.71. The van der Waals surface area contributed by atoms with E-state index in [1.54, 1.807) is 6.92 Å². The predicted molar refractivity (Wildman–Crippen MR) is 90.8 cm³/mol. The summed E-state index contributed by atoms with van der Waals surface area (Å²) in [7, 11) is 0. The highest BCUT2D eigenvalue weighted by Gasteiger charge is 2.23. The molecule has 24 heavy (non-hydrogen) atoms. The van der Waals surface area contributed by atoms with Crippen LogP contribution in [-0.4, -0.2) is 41.6 Å². The van der Waals surface area contributed by atoms with Crippen LogP contribution in [0.25, 0.3) is 0 Å². The molecule has 6 heteroatoms. The number of likely N-dealkylation sites (tertiary alicyclic amines) is 1. The molecule has 0 bridgehead atoms. The van der Waals surface area contributed by atoms with Crippen LogP contribution in [0.15, 0.2) is 4.79 Å². The van der Waals surface area contributed by atoms with Crippen LogP contribution in [0.1, 0.15) is 48.6 Å². The molecule has 1 amide bonds. The Labute approximate surface area is 142 Å². The quantitative estimate of drug-likeness (QED) is 0.892. The minimum atomic E-state index is -0.361. The van der Waals surface area contributed by atoms with Gasteiger partial charge in [-0.05, 0) is 51.2 Å². The van der Waals surface area contributed by atoms with Crippen LogP contribution in [0.2, 0.25) is 0 Å². The highest BCUT2D eigenvalue weighted by Crippen LogP contribution is 2.18. The fourth-order valence-corrected chi connectivity index (χ4v) is 3.32. The number of H-pyrrole nitrogens is 1. The second kappa shape index (κ2) is 8.11. The molecule has 0 radical (unpaired) electrons. The molecule has 2 rings (SSSR count). The van der Waals surface area contributed by atoms with E-state index in [1.807, 2.05) is 24.8 Å². The Kier molecular flexibility index (Phi) is 6.16. The number of pyridine rings is 1. The summed E-state index contributed by atoms with van der Waals surface area (Å²) in [4.78, 5) is 28.8. The van der Waals surface area contributed by atoms with Crippen molar-refractivity contribution in [2.75, 3.05) is 19.7 Å². The zero-order chi connectivity index (χ0) is 17.7. The molecule has 1 aliphatic heterocycles. The Morgan fingerprint density at radius 1 is 1.38 bits per heavy atom. The number of nitrogens with zero attached hydrogens (tertiary/aromatic N) is 2. The molecule has 1 N–H and O–H groups in total. The van der Waals surface area contributed by atoms with E-state index in [1.165, 1.54) is 0 Å². The first-order chi connectivity index (χ1) is 11.5. The Morgan fingerprint density at radius 3 is 2.62 bits per heavy atom. The van der Waals surface area contributed by atoms with Gasteiger partial charge in [0.05, 0.1) is 6.10 Å². The summed E-state index contributed by atoms with van der Waals surface area (Å²) < 4.78 is 5.61. The third-order valence-corrected chi connectivity index (χ3v) is 4.71. The zero-order valence-corrected chi connectivity index (χ0v) is 14.6. The number of hydrogen-bond acceptors (Lipinski definition) is 4. The number of nitriles is 1. The van der Waals surface area contributed by atoms with Crippen molar-refractivity contribution in [2.24, 2.45) is 0 Å². The van der Waals surface area contributed by atoms with Crippen LogP contribution in [0.4, 0.5) is 0 Å². The molecular formula is C18H25N3O3. The number of piperidine rings is 1. The van der Waals surface area contributed by atoms with Gasteiger partial charge in [0.1, 0.15) is 11.6 Å². The molecular weight excluding hydrogens is 306 g/mol. The summed E-state index contributed by atoms with van der Waals surface area (Å²) >= 11 is 0. The molecule has 1 aromatic heterocycles. The van der Waals surface area contributed by atoms with Crippen molar-refractivity contribution in [1.29, 1.82) is 5.26 Å². The number of carbonyl (C=O) groups is 1. The first kappa shape index (κ1) is 18.2. The lowest BCUT2D eigenvalue weighted by atomic mass is 9.98. The maximum absolute atomic E-state index is 12.4. The third kappa shape index (κ3) is 4.04. The average Bonchev–Trinajstić information content (AvgIpc) is 2.55. The van der Waals surface area contributed by atoms with E-state index in [9.17, 15) is 9.59 Å². The van der Waals surface area contributed by atoms with E-state index in [0.29, 0.717) is 25.0 Å². The van der Waals surface area contributed by atoms with Gasteiger partial charge in [-0.3, -0.25) is 9.59 Å². The zero-order valence-electron chi connectivity index (χ0n) is 14.6. The van der Waals surface area contributed by atoms with Crippen LogP contribution < -0.4 is 5.56 Å². The van der Waals surface area contributed by atoms with Gasteiger partial charge in [0.2, 0.25) is 5.91 Å². The largest absolute Gasteiger partial charge is 0.378 e. The van der Waals surface area contributed by atoms with Crippen LogP contribution in [0.3, 0.4) is 0 Å². The SMILES string of the molecule is CCOC1CCN(C(=O)CCc2c(C)[nH]c(=O)c(C#N)c2C)CC1. The van der Waals surface area contributed by atoms with E-state index in [-0.39, 0.29) is 23.1 Å². The van der Waals surface area contributed by atoms with Gasteiger partial charge >= 0.3 is 0 Å². The molecule has 130 valence electrons. The van der Waals surface area contributed by atoms with E-state index in [4.69, 9.17) is 10.00 Å². The predicted octanol–water partition coefficient (Wildman–Crippen LogP) is 1.82. The van der Waals surface area contributed by atoms with Crippen LogP contribution in [-0.2, 0) is 16.0 Å². The normalized spacial score (nSPS) is 15.3. The number of hydrogen-bond donors (Lipinski definition) is 1. The van der Waals surface area contributed by atoms with Crippen molar-refractivity contribution in [3.63, 3.8) is 0 Å². The molecule has 2 heterocycles. The molecule has 1 aromatic rings. The summed E-state index contributed by atoms with van der Waals surface area (Å²) in [6.07, 6.45) is 2.95. The van der Waals surface area contributed by atoms with Crippen molar-refractivity contribution < 1.29 is 9.53 Å². The molecule has 1 fully saturated rings. The minimum absolute atomic E-state index is 0.119. The second-order valence-electron chi connectivity index (χ2n) is 6.20. The van der Waals surface area contributed by atoms with Gasteiger partial charge in [0.25, 0.3) is 5.56 Å². The van der Waals surface area contributed by atoms with Gasteiger partial charge in [0.15, 0.2) is 0 Å². The molecule has 0 saturated carbocycles. The molecule has 0 aromatic carbocycles.